The standard InChI is InChI=1S/C24H21NO4/c1-28-15-7-3-13(4-8-15)19(14-5-9-16(29-2)10-6-14)20-17-11-12-18(20)22-21(17)23(26)25-24(22)27/h3-12,17-18,21-22H,1-2H3,(H,25,26,27)/t17-,18-,21-,22-/m1/s1. The first-order chi connectivity index (χ1) is 14.1. The number of ether oxygens (including phenoxy) is 2. The van der Waals surface area contributed by atoms with E-state index in [0.29, 0.717) is 0 Å². The fourth-order valence-electron chi connectivity index (χ4n) is 5.03. The average molecular weight is 387 g/mol. The second-order valence-corrected chi connectivity index (χ2v) is 7.63. The smallest absolute Gasteiger partial charge is 0.231 e. The Morgan fingerprint density at radius 3 is 1.52 bits per heavy atom. The number of amides is 2. The number of benzene rings is 2. The highest BCUT2D eigenvalue weighted by atomic mass is 16.5. The molecule has 2 aromatic rings. The minimum Gasteiger partial charge on any atom is -0.497 e. The third-order valence-electron chi connectivity index (χ3n) is 6.30. The molecule has 1 saturated carbocycles. The van der Waals surface area contributed by atoms with Crippen LogP contribution in [0.1, 0.15) is 11.1 Å². The number of nitrogens with one attached hydrogen (secondary N) is 1. The van der Waals surface area contributed by atoms with Gasteiger partial charge in [0.25, 0.3) is 0 Å². The molecule has 1 aliphatic heterocycles. The van der Waals surface area contributed by atoms with Crippen molar-refractivity contribution in [2.45, 2.75) is 0 Å². The Hall–Kier alpha value is -3.34. The summed E-state index contributed by atoms with van der Waals surface area (Å²) in [6, 6.07) is 15.8. The Balaban J connectivity index is 1.70. The van der Waals surface area contributed by atoms with Gasteiger partial charge in [0.1, 0.15) is 11.5 Å². The van der Waals surface area contributed by atoms with Crippen LogP contribution in [0.4, 0.5) is 0 Å². The topological polar surface area (TPSA) is 64.6 Å². The number of rotatable bonds is 4. The molecular weight excluding hydrogens is 366 g/mol. The van der Waals surface area contributed by atoms with Gasteiger partial charge in [0.2, 0.25) is 11.8 Å². The lowest BCUT2D eigenvalue weighted by Gasteiger charge is -2.19. The zero-order chi connectivity index (χ0) is 20.1. The monoisotopic (exact) mass is 387 g/mol. The number of imide groups is 1. The van der Waals surface area contributed by atoms with Crippen LogP contribution in [-0.2, 0) is 9.59 Å². The normalized spacial score (nSPS) is 26.5. The maximum Gasteiger partial charge on any atom is 0.231 e. The zero-order valence-electron chi connectivity index (χ0n) is 16.2. The van der Waals surface area contributed by atoms with E-state index in [1.54, 1.807) is 14.2 Å². The summed E-state index contributed by atoms with van der Waals surface area (Å²) in [4.78, 5) is 24.9. The van der Waals surface area contributed by atoms with Crippen molar-refractivity contribution < 1.29 is 19.1 Å². The molecule has 0 unspecified atom stereocenters. The Morgan fingerprint density at radius 2 is 1.14 bits per heavy atom. The minimum absolute atomic E-state index is 0.0596. The molecule has 5 heteroatoms. The fraction of sp³-hybridized carbons (Fsp3) is 0.250. The molecule has 2 amide bonds. The van der Waals surface area contributed by atoms with Crippen molar-refractivity contribution in [1.82, 2.24) is 5.32 Å². The van der Waals surface area contributed by atoms with Crippen molar-refractivity contribution in [2.75, 3.05) is 14.2 Å². The highest BCUT2D eigenvalue weighted by Crippen LogP contribution is 2.56. The number of allylic oxidation sites excluding steroid dienone is 3. The molecule has 146 valence electrons. The predicted molar refractivity (Wildman–Crippen MR) is 108 cm³/mol. The van der Waals surface area contributed by atoms with E-state index in [2.05, 4.69) is 17.5 Å². The number of fused-ring (bicyclic) bond motifs is 5. The molecule has 3 aliphatic rings. The van der Waals surface area contributed by atoms with Crippen LogP contribution >= 0.6 is 0 Å². The molecule has 2 bridgehead atoms. The summed E-state index contributed by atoms with van der Waals surface area (Å²) in [7, 11) is 3.29. The summed E-state index contributed by atoms with van der Waals surface area (Å²) in [6.45, 7) is 0. The summed E-state index contributed by atoms with van der Waals surface area (Å²) in [5.74, 6) is 0.527. The van der Waals surface area contributed by atoms with Crippen LogP contribution in [-0.4, -0.2) is 26.0 Å². The zero-order valence-corrected chi connectivity index (χ0v) is 16.2. The van der Waals surface area contributed by atoms with Crippen LogP contribution < -0.4 is 14.8 Å². The van der Waals surface area contributed by atoms with Crippen molar-refractivity contribution in [3.05, 3.63) is 77.4 Å². The van der Waals surface area contributed by atoms with E-state index in [-0.39, 0.29) is 35.5 Å². The molecule has 4 atom stereocenters. The van der Waals surface area contributed by atoms with E-state index in [1.165, 1.54) is 0 Å². The van der Waals surface area contributed by atoms with Crippen LogP contribution in [0.15, 0.2) is 66.3 Å². The maximum atomic E-state index is 12.4. The van der Waals surface area contributed by atoms with Crippen LogP contribution in [0.2, 0.25) is 0 Å². The van der Waals surface area contributed by atoms with Gasteiger partial charge in [-0.1, -0.05) is 36.4 Å². The number of methoxy groups -OCH3 is 2. The molecule has 1 saturated heterocycles. The van der Waals surface area contributed by atoms with Crippen molar-refractivity contribution in [2.24, 2.45) is 23.7 Å². The largest absolute Gasteiger partial charge is 0.497 e. The van der Waals surface area contributed by atoms with Gasteiger partial charge in [-0.25, -0.2) is 0 Å². The van der Waals surface area contributed by atoms with Gasteiger partial charge in [-0.15, -0.1) is 0 Å². The summed E-state index contributed by atoms with van der Waals surface area (Å²) in [6.07, 6.45) is 4.18. The number of carbonyl (C=O) groups is 2. The molecule has 2 aromatic carbocycles. The molecule has 1 N–H and O–H groups in total. The van der Waals surface area contributed by atoms with E-state index in [0.717, 1.165) is 33.8 Å². The predicted octanol–water partition coefficient (Wildman–Crippen LogP) is 3.21. The highest BCUT2D eigenvalue weighted by Gasteiger charge is 2.59. The summed E-state index contributed by atoms with van der Waals surface area (Å²) < 4.78 is 10.6. The van der Waals surface area contributed by atoms with Gasteiger partial charge in [-0.2, -0.15) is 0 Å². The number of carbonyl (C=O) groups excluding carboxylic acids is 2. The molecule has 2 fully saturated rings. The molecule has 0 aromatic heterocycles. The highest BCUT2D eigenvalue weighted by molar-refractivity contribution is 6.08. The van der Waals surface area contributed by atoms with E-state index in [9.17, 15) is 9.59 Å². The molecule has 0 radical (unpaired) electrons. The van der Waals surface area contributed by atoms with Gasteiger partial charge >= 0.3 is 0 Å². The fourth-order valence-corrected chi connectivity index (χ4v) is 5.03. The lowest BCUT2D eigenvalue weighted by atomic mass is 9.85. The lowest BCUT2D eigenvalue weighted by molar-refractivity contribution is -0.126. The summed E-state index contributed by atoms with van der Waals surface area (Å²) in [5.41, 5.74) is 4.30. The molecular formula is C24H21NO4. The van der Waals surface area contributed by atoms with Crippen molar-refractivity contribution in [3.63, 3.8) is 0 Å². The second-order valence-electron chi connectivity index (χ2n) is 7.63. The summed E-state index contributed by atoms with van der Waals surface area (Å²) in [5, 5.41) is 2.52. The van der Waals surface area contributed by atoms with Crippen molar-refractivity contribution >= 4 is 17.4 Å². The Kier molecular flexibility index (Phi) is 4.05. The van der Waals surface area contributed by atoms with Gasteiger partial charge in [-0.05, 0) is 46.5 Å². The van der Waals surface area contributed by atoms with Gasteiger partial charge in [-0.3, -0.25) is 14.9 Å². The molecule has 29 heavy (non-hydrogen) atoms. The molecule has 5 rings (SSSR count). The quantitative estimate of drug-likeness (QED) is 0.646. The molecule has 5 nitrogen and oxygen atoms in total. The van der Waals surface area contributed by atoms with Gasteiger partial charge in [0.15, 0.2) is 0 Å². The molecule has 2 aliphatic carbocycles. The second kappa shape index (κ2) is 6.62. The number of hydrogen-bond acceptors (Lipinski definition) is 4. The van der Waals surface area contributed by atoms with Crippen LogP contribution in [0.3, 0.4) is 0 Å². The first-order valence-electron chi connectivity index (χ1n) is 9.68. The lowest BCUT2D eigenvalue weighted by Crippen LogP contribution is -2.26. The summed E-state index contributed by atoms with van der Waals surface area (Å²) >= 11 is 0. The van der Waals surface area contributed by atoms with Crippen LogP contribution in [0, 0.1) is 23.7 Å². The van der Waals surface area contributed by atoms with Crippen LogP contribution in [0.5, 0.6) is 11.5 Å². The Morgan fingerprint density at radius 1 is 0.724 bits per heavy atom. The first kappa shape index (κ1) is 17.7. The van der Waals surface area contributed by atoms with E-state index in [4.69, 9.17) is 9.47 Å². The molecule has 0 spiro atoms. The Labute approximate surface area is 169 Å². The first-order valence-corrected chi connectivity index (χ1v) is 9.68. The van der Waals surface area contributed by atoms with Crippen molar-refractivity contribution in [1.29, 1.82) is 0 Å². The third-order valence-corrected chi connectivity index (χ3v) is 6.30. The van der Waals surface area contributed by atoms with E-state index in [1.807, 2.05) is 48.5 Å². The SMILES string of the molecule is COc1ccc(C(=C2[C@H]3C=C[C@H]2[C@H]2C(=O)NC(=O)[C@@H]23)c2ccc(OC)cc2)cc1. The Bertz CT molecular complexity index is 968. The van der Waals surface area contributed by atoms with Crippen molar-refractivity contribution in [3.8, 4) is 11.5 Å². The number of hydrogen-bond donors (Lipinski definition) is 1. The third kappa shape index (κ3) is 2.61. The van der Waals surface area contributed by atoms with E-state index >= 15 is 0 Å². The van der Waals surface area contributed by atoms with Gasteiger partial charge < -0.3 is 9.47 Å². The minimum atomic E-state index is -0.306. The average Bonchev–Trinajstić information content (AvgIpc) is 3.40. The van der Waals surface area contributed by atoms with Crippen LogP contribution in [0.25, 0.3) is 5.57 Å². The van der Waals surface area contributed by atoms with Gasteiger partial charge in [0.05, 0.1) is 26.1 Å². The van der Waals surface area contributed by atoms with E-state index < -0.39 is 0 Å². The van der Waals surface area contributed by atoms with Gasteiger partial charge in [0, 0.05) is 11.8 Å². The molecule has 1 heterocycles. The maximum absolute atomic E-state index is 12.4.